The standard InChI is InChI=1S/C22H30ClN3O4S/c23-19-7-6-18(16-20(19)31(29,30)26-12-2-1-3-13-26)22(28)25-14-8-17(9-15-25)21(27)24-10-4-5-11-24/h6-7,16-17H,1-5,8-15H2. The third-order valence-corrected chi connectivity index (χ3v) is 9.04. The van der Waals surface area contributed by atoms with Crippen LogP contribution < -0.4 is 0 Å². The van der Waals surface area contributed by atoms with Crippen LogP contribution in [0.5, 0.6) is 0 Å². The third-order valence-electron chi connectivity index (χ3n) is 6.66. The Labute approximate surface area is 189 Å². The van der Waals surface area contributed by atoms with E-state index in [0.29, 0.717) is 44.6 Å². The highest BCUT2D eigenvalue weighted by molar-refractivity contribution is 7.89. The smallest absolute Gasteiger partial charge is 0.253 e. The fraction of sp³-hybridized carbons (Fsp3) is 0.636. The van der Waals surface area contributed by atoms with Crippen molar-refractivity contribution in [1.29, 1.82) is 0 Å². The second-order valence-corrected chi connectivity index (χ2v) is 11.0. The summed E-state index contributed by atoms with van der Waals surface area (Å²) in [5, 5.41) is 0.136. The summed E-state index contributed by atoms with van der Waals surface area (Å²) in [5.41, 5.74) is 0.323. The van der Waals surface area contributed by atoms with E-state index in [-0.39, 0.29) is 27.7 Å². The molecule has 0 aromatic heterocycles. The molecule has 7 nitrogen and oxygen atoms in total. The molecule has 0 spiro atoms. The number of amides is 2. The van der Waals surface area contributed by atoms with Crippen molar-refractivity contribution in [2.24, 2.45) is 5.92 Å². The number of sulfonamides is 1. The molecule has 170 valence electrons. The van der Waals surface area contributed by atoms with Crippen LogP contribution in [0.4, 0.5) is 0 Å². The number of rotatable bonds is 4. The number of piperidine rings is 2. The average molecular weight is 468 g/mol. The normalized spacial score (nSPS) is 21.5. The molecule has 1 aromatic carbocycles. The maximum absolute atomic E-state index is 13.1. The maximum Gasteiger partial charge on any atom is 0.253 e. The number of hydrogen-bond acceptors (Lipinski definition) is 4. The lowest BCUT2D eigenvalue weighted by molar-refractivity contribution is -0.135. The zero-order chi connectivity index (χ0) is 22.0. The van der Waals surface area contributed by atoms with Crippen molar-refractivity contribution in [3.05, 3.63) is 28.8 Å². The lowest BCUT2D eigenvalue weighted by atomic mass is 9.95. The second-order valence-electron chi connectivity index (χ2n) is 8.71. The van der Waals surface area contributed by atoms with Gasteiger partial charge in [-0.15, -0.1) is 0 Å². The van der Waals surface area contributed by atoms with Crippen LogP contribution in [-0.2, 0) is 14.8 Å². The van der Waals surface area contributed by atoms with Crippen LogP contribution in [0.3, 0.4) is 0 Å². The maximum atomic E-state index is 13.1. The van der Waals surface area contributed by atoms with E-state index in [0.717, 1.165) is 45.2 Å². The van der Waals surface area contributed by atoms with Crippen molar-refractivity contribution >= 4 is 33.4 Å². The van der Waals surface area contributed by atoms with Gasteiger partial charge in [0.05, 0.1) is 5.02 Å². The van der Waals surface area contributed by atoms with Gasteiger partial charge in [0.15, 0.2) is 0 Å². The minimum absolute atomic E-state index is 0.000939. The Morgan fingerprint density at radius 2 is 1.45 bits per heavy atom. The average Bonchev–Trinajstić information content (AvgIpc) is 3.34. The summed E-state index contributed by atoms with van der Waals surface area (Å²) in [6, 6.07) is 4.49. The predicted molar refractivity (Wildman–Crippen MR) is 119 cm³/mol. The van der Waals surface area contributed by atoms with Gasteiger partial charge in [-0.1, -0.05) is 18.0 Å². The van der Waals surface area contributed by atoms with Gasteiger partial charge in [0, 0.05) is 50.7 Å². The van der Waals surface area contributed by atoms with Gasteiger partial charge in [-0.25, -0.2) is 8.42 Å². The molecule has 4 rings (SSSR count). The van der Waals surface area contributed by atoms with E-state index in [4.69, 9.17) is 11.6 Å². The van der Waals surface area contributed by atoms with Gasteiger partial charge in [0.2, 0.25) is 15.9 Å². The van der Waals surface area contributed by atoms with E-state index < -0.39 is 10.0 Å². The molecule has 0 unspecified atom stereocenters. The first-order valence-corrected chi connectivity index (χ1v) is 13.1. The number of nitrogens with zero attached hydrogens (tertiary/aromatic N) is 3. The highest BCUT2D eigenvalue weighted by Gasteiger charge is 2.33. The first-order chi connectivity index (χ1) is 14.9. The first kappa shape index (κ1) is 22.6. The van der Waals surface area contributed by atoms with Gasteiger partial charge in [-0.05, 0) is 56.7 Å². The largest absolute Gasteiger partial charge is 0.342 e. The van der Waals surface area contributed by atoms with Gasteiger partial charge in [0.25, 0.3) is 5.91 Å². The number of halogens is 1. The van der Waals surface area contributed by atoms with E-state index in [9.17, 15) is 18.0 Å². The number of likely N-dealkylation sites (tertiary alicyclic amines) is 2. The molecular formula is C22H30ClN3O4S. The summed E-state index contributed by atoms with van der Waals surface area (Å²) < 4.78 is 27.6. The third kappa shape index (κ3) is 4.76. The van der Waals surface area contributed by atoms with E-state index in [2.05, 4.69) is 0 Å². The van der Waals surface area contributed by atoms with E-state index >= 15 is 0 Å². The molecule has 0 radical (unpaired) electrons. The van der Waals surface area contributed by atoms with Crippen molar-refractivity contribution in [3.63, 3.8) is 0 Å². The number of benzene rings is 1. The molecule has 3 saturated heterocycles. The Hall–Kier alpha value is -1.64. The molecule has 0 aliphatic carbocycles. The van der Waals surface area contributed by atoms with Gasteiger partial charge in [0.1, 0.15) is 4.90 Å². The summed E-state index contributed by atoms with van der Waals surface area (Å²) in [7, 11) is -3.73. The summed E-state index contributed by atoms with van der Waals surface area (Å²) in [6.07, 6.45) is 6.13. The Bertz CT molecular complexity index is 932. The summed E-state index contributed by atoms with van der Waals surface area (Å²) >= 11 is 6.23. The van der Waals surface area contributed by atoms with Crippen LogP contribution in [0, 0.1) is 5.92 Å². The minimum atomic E-state index is -3.73. The predicted octanol–water partition coefficient (Wildman–Crippen LogP) is 2.99. The van der Waals surface area contributed by atoms with Crippen LogP contribution in [-0.4, -0.2) is 73.6 Å². The molecule has 0 saturated carbocycles. The highest BCUT2D eigenvalue weighted by Crippen LogP contribution is 2.29. The monoisotopic (exact) mass is 467 g/mol. The lowest BCUT2D eigenvalue weighted by Gasteiger charge is -2.33. The Morgan fingerprint density at radius 1 is 0.839 bits per heavy atom. The van der Waals surface area contributed by atoms with Gasteiger partial charge >= 0.3 is 0 Å². The highest BCUT2D eigenvalue weighted by atomic mass is 35.5. The van der Waals surface area contributed by atoms with Gasteiger partial charge in [-0.2, -0.15) is 4.31 Å². The van der Waals surface area contributed by atoms with Crippen molar-refractivity contribution in [2.75, 3.05) is 39.3 Å². The summed E-state index contributed by atoms with van der Waals surface area (Å²) in [4.78, 5) is 29.4. The number of carbonyl (C=O) groups is 2. The Kier molecular flexibility index (Phi) is 6.89. The number of hydrogen-bond donors (Lipinski definition) is 0. The molecule has 3 aliphatic heterocycles. The quantitative estimate of drug-likeness (QED) is 0.682. The molecule has 9 heteroatoms. The lowest BCUT2D eigenvalue weighted by Crippen LogP contribution is -2.43. The molecule has 0 atom stereocenters. The number of carbonyl (C=O) groups excluding carboxylic acids is 2. The van der Waals surface area contributed by atoms with Crippen LogP contribution in [0.1, 0.15) is 55.3 Å². The van der Waals surface area contributed by atoms with Crippen molar-refractivity contribution < 1.29 is 18.0 Å². The van der Waals surface area contributed by atoms with E-state index in [1.165, 1.54) is 16.4 Å². The topological polar surface area (TPSA) is 78.0 Å². The molecular weight excluding hydrogens is 438 g/mol. The van der Waals surface area contributed by atoms with Crippen molar-refractivity contribution in [2.45, 2.75) is 49.8 Å². The summed E-state index contributed by atoms with van der Waals surface area (Å²) in [6.45, 7) is 3.65. The second kappa shape index (κ2) is 9.46. The zero-order valence-corrected chi connectivity index (χ0v) is 19.3. The van der Waals surface area contributed by atoms with Crippen LogP contribution >= 0.6 is 11.6 Å². The van der Waals surface area contributed by atoms with E-state index in [1.807, 2.05) is 4.90 Å². The SMILES string of the molecule is O=C(c1ccc(Cl)c(S(=O)(=O)N2CCCCC2)c1)N1CCC(C(=O)N2CCCC2)CC1. The molecule has 31 heavy (non-hydrogen) atoms. The molecule has 3 heterocycles. The van der Waals surface area contributed by atoms with Crippen LogP contribution in [0.25, 0.3) is 0 Å². The first-order valence-electron chi connectivity index (χ1n) is 11.3. The fourth-order valence-corrected chi connectivity index (χ4v) is 6.80. The summed E-state index contributed by atoms with van der Waals surface area (Å²) in [5.74, 6) is -0.0211. The Morgan fingerprint density at radius 3 is 2.10 bits per heavy atom. The molecule has 0 bridgehead atoms. The Balaban J connectivity index is 1.44. The van der Waals surface area contributed by atoms with Crippen LogP contribution in [0.15, 0.2) is 23.1 Å². The molecule has 2 amide bonds. The van der Waals surface area contributed by atoms with E-state index in [1.54, 1.807) is 11.0 Å². The molecule has 0 N–H and O–H groups in total. The van der Waals surface area contributed by atoms with Crippen molar-refractivity contribution in [3.8, 4) is 0 Å². The molecule has 3 aliphatic rings. The van der Waals surface area contributed by atoms with Gasteiger partial charge in [-0.3, -0.25) is 9.59 Å². The zero-order valence-electron chi connectivity index (χ0n) is 17.8. The minimum Gasteiger partial charge on any atom is -0.342 e. The van der Waals surface area contributed by atoms with Gasteiger partial charge < -0.3 is 9.80 Å². The fourth-order valence-electron chi connectivity index (χ4n) is 4.79. The van der Waals surface area contributed by atoms with Crippen LogP contribution in [0.2, 0.25) is 5.02 Å². The van der Waals surface area contributed by atoms with Crippen molar-refractivity contribution in [1.82, 2.24) is 14.1 Å². The molecule has 3 fully saturated rings. The molecule has 1 aromatic rings.